The molecule has 13 nitrogen and oxygen atoms in total. The quantitative estimate of drug-likeness (QED) is 0.200. The summed E-state index contributed by atoms with van der Waals surface area (Å²) >= 11 is 0. The van der Waals surface area contributed by atoms with Gasteiger partial charge in [0.05, 0.1) is 0 Å². The van der Waals surface area contributed by atoms with Crippen molar-refractivity contribution in [3.63, 3.8) is 0 Å². The molecule has 0 fully saturated rings. The first-order chi connectivity index (χ1) is 21.1. The fourth-order valence-electron chi connectivity index (χ4n) is 3.77. The van der Waals surface area contributed by atoms with Crippen molar-refractivity contribution in [3.05, 3.63) is 35.9 Å². The Morgan fingerprint density at radius 1 is 0.574 bits per heavy atom. The van der Waals surface area contributed by atoms with Gasteiger partial charge in [0.15, 0.2) is 0 Å². The van der Waals surface area contributed by atoms with Gasteiger partial charge in [-0.2, -0.15) is 0 Å². The van der Waals surface area contributed by atoms with E-state index in [1.54, 1.807) is 65.8 Å². The van der Waals surface area contributed by atoms with Crippen LogP contribution in [0.25, 0.3) is 0 Å². The molecule has 0 aliphatic heterocycles. The highest BCUT2D eigenvalue weighted by Crippen LogP contribution is 2.23. The summed E-state index contributed by atoms with van der Waals surface area (Å²) in [6.45, 7) is 21.9. The molecule has 1 rings (SSSR count). The number of carbonyl (C=O) groups excluding carboxylic acids is 6. The van der Waals surface area contributed by atoms with Crippen LogP contribution in [0.1, 0.15) is 102 Å². The van der Waals surface area contributed by atoms with Crippen molar-refractivity contribution < 1.29 is 38.2 Å². The van der Waals surface area contributed by atoms with E-state index in [0.29, 0.717) is 0 Å². The highest BCUT2D eigenvalue weighted by molar-refractivity contribution is 6.00. The van der Waals surface area contributed by atoms with Crippen LogP contribution in [0.15, 0.2) is 30.3 Å². The third kappa shape index (κ3) is 11.9. The third-order valence-electron chi connectivity index (χ3n) is 7.53. The topological polar surface area (TPSA) is 181 Å². The van der Waals surface area contributed by atoms with Gasteiger partial charge >= 0.3 is 12.1 Å². The molecule has 1 aromatic carbocycles. The van der Waals surface area contributed by atoms with Crippen LogP contribution in [0, 0.1) is 5.92 Å². The number of carbonyl (C=O) groups is 6. The maximum atomic E-state index is 13.4. The number of rotatable bonds is 13. The monoisotopic (exact) mass is 661 g/mol. The van der Waals surface area contributed by atoms with Crippen LogP contribution >= 0.6 is 0 Å². The molecule has 0 radical (unpaired) electrons. The fourth-order valence-corrected chi connectivity index (χ4v) is 3.77. The predicted octanol–water partition coefficient (Wildman–Crippen LogP) is 3.25. The number of ether oxygens (including phenoxy) is 2. The first-order valence-corrected chi connectivity index (χ1v) is 15.6. The lowest BCUT2D eigenvalue weighted by molar-refractivity contribution is -0.166. The highest BCUT2D eigenvalue weighted by Gasteiger charge is 2.46. The molecule has 1 atom stereocenters. The molecule has 264 valence electrons. The van der Waals surface area contributed by atoms with Crippen LogP contribution in [0.3, 0.4) is 0 Å². The molecule has 0 aromatic heterocycles. The summed E-state index contributed by atoms with van der Waals surface area (Å²) in [6, 6.07) is 9.03. The van der Waals surface area contributed by atoms with Gasteiger partial charge in [-0.05, 0) is 94.6 Å². The number of esters is 1. The van der Waals surface area contributed by atoms with Crippen molar-refractivity contribution in [3.8, 4) is 0 Å². The van der Waals surface area contributed by atoms with E-state index in [9.17, 15) is 28.8 Å². The number of benzene rings is 1. The molecule has 0 saturated heterocycles. The van der Waals surface area contributed by atoms with E-state index in [2.05, 4.69) is 26.6 Å². The van der Waals surface area contributed by atoms with Crippen LogP contribution in [0.2, 0.25) is 0 Å². The molecule has 0 spiro atoms. The van der Waals surface area contributed by atoms with Crippen molar-refractivity contribution in [2.75, 3.05) is 0 Å². The Morgan fingerprint density at radius 3 is 1.30 bits per heavy atom. The molecule has 0 unspecified atom stereocenters. The molecule has 0 aliphatic rings. The zero-order valence-electron chi connectivity index (χ0n) is 30.4. The number of amides is 5. The van der Waals surface area contributed by atoms with Crippen molar-refractivity contribution in [2.45, 2.75) is 137 Å². The van der Waals surface area contributed by atoms with E-state index in [1.807, 2.05) is 6.07 Å². The van der Waals surface area contributed by atoms with Crippen LogP contribution in [-0.4, -0.2) is 69.0 Å². The second-order valence-corrected chi connectivity index (χ2v) is 15.4. The predicted molar refractivity (Wildman–Crippen MR) is 178 cm³/mol. The van der Waals surface area contributed by atoms with Crippen LogP contribution in [-0.2, 0) is 40.1 Å². The number of hydrogen-bond acceptors (Lipinski definition) is 8. The summed E-state index contributed by atoms with van der Waals surface area (Å²) < 4.78 is 10.7. The highest BCUT2D eigenvalue weighted by atomic mass is 16.6. The lowest BCUT2D eigenvalue weighted by Gasteiger charge is -2.39. The van der Waals surface area contributed by atoms with Gasteiger partial charge in [-0.1, -0.05) is 44.2 Å². The maximum Gasteiger partial charge on any atom is 0.408 e. The first-order valence-electron chi connectivity index (χ1n) is 15.6. The minimum absolute atomic E-state index is 0.00860. The Kier molecular flexibility index (Phi) is 12.8. The standard InChI is InChI=1S/C34H55N5O8/c1-21(2)34(14,27(44)47-29(3,4)5)38-26(43)32(10,11)36-24(41)30(6,7)35-23(40)31(8,9)37-25(42)33(12,13)39-28(45)46-20-22-18-16-15-17-19-22/h15-19,21H,20H2,1-14H3,(H,35,40)(H,36,41)(H,37,42)(H,38,43)(H,39,45)/t34-/m0/s1. The van der Waals surface area contributed by atoms with Gasteiger partial charge in [-0.25, -0.2) is 9.59 Å². The lowest BCUT2D eigenvalue weighted by Crippen LogP contribution is -2.69. The van der Waals surface area contributed by atoms with Gasteiger partial charge in [0.2, 0.25) is 23.6 Å². The van der Waals surface area contributed by atoms with Crippen LogP contribution in [0.4, 0.5) is 4.79 Å². The smallest absolute Gasteiger partial charge is 0.408 e. The maximum absolute atomic E-state index is 13.4. The van der Waals surface area contributed by atoms with Gasteiger partial charge in [0.25, 0.3) is 0 Å². The Morgan fingerprint density at radius 2 is 0.936 bits per heavy atom. The van der Waals surface area contributed by atoms with Gasteiger partial charge in [-0.3, -0.25) is 19.2 Å². The summed E-state index contributed by atoms with van der Waals surface area (Å²) in [6.07, 6.45) is -0.819. The fraction of sp³-hybridized carbons (Fsp3) is 0.647. The van der Waals surface area contributed by atoms with E-state index < -0.39 is 69.0 Å². The molecular formula is C34H55N5O8. The number of nitrogens with one attached hydrogen (secondary N) is 5. The van der Waals surface area contributed by atoms with Crippen molar-refractivity contribution in [1.29, 1.82) is 0 Å². The third-order valence-corrected chi connectivity index (χ3v) is 7.53. The summed E-state index contributed by atoms with van der Waals surface area (Å²) in [5, 5.41) is 13.1. The Balaban J connectivity index is 2.91. The van der Waals surface area contributed by atoms with Crippen LogP contribution < -0.4 is 26.6 Å². The molecule has 0 bridgehead atoms. The molecule has 5 N–H and O–H groups in total. The summed E-state index contributed by atoms with van der Waals surface area (Å²) in [4.78, 5) is 78.6. The van der Waals surface area contributed by atoms with Crippen molar-refractivity contribution >= 4 is 35.7 Å². The van der Waals surface area contributed by atoms with Gasteiger partial charge in [0.1, 0.15) is 39.9 Å². The summed E-state index contributed by atoms with van der Waals surface area (Å²) in [5.74, 6) is -3.67. The second-order valence-electron chi connectivity index (χ2n) is 15.4. The Labute approximate surface area is 279 Å². The SMILES string of the molecule is CC(C)[C@](C)(NC(=O)C(C)(C)NC(=O)C(C)(C)NC(=O)C(C)(C)NC(=O)C(C)(C)NC(=O)OCc1ccccc1)C(=O)OC(C)(C)C. The average Bonchev–Trinajstić information content (AvgIpc) is 2.90. The molecule has 13 heteroatoms. The molecule has 0 saturated carbocycles. The zero-order valence-corrected chi connectivity index (χ0v) is 30.4. The molecule has 47 heavy (non-hydrogen) atoms. The summed E-state index contributed by atoms with van der Waals surface area (Å²) in [7, 11) is 0. The van der Waals surface area contributed by atoms with E-state index >= 15 is 0 Å². The molecule has 0 heterocycles. The Hall–Kier alpha value is -4.16. The minimum Gasteiger partial charge on any atom is -0.458 e. The largest absolute Gasteiger partial charge is 0.458 e. The normalized spacial score (nSPS) is 13.9. The number of hydrogen-bond donors (Lipinski definition) is 5. The molecule has 5 amide bonds. The second kappa shape index (κ2) is 14.7. The molecular weight excluding hydrogens is 606 g/mol. The Bertz CT molecular complexity index is 1330. The minimum atomic E-state index is -1.54. The van der Waals surface area contributed by atoms with Crippen molar-refractivity contribution in [2.24, 2.45) is 5.92 Å². The molecule has 1 aromatic rings. The van der Waals surface area contributed by atoms with E-state index in [4.69, 9.17) is 9.47 Å². The number of alkyl carbamates (subject to hydrolysis) is 1. The van der Waals surface area contributed by atoms with Crippen molar-refractivity contribution in [1.82, 2.24) is 26.6 Å². The first kappa shape index (κ1) is 40.9. The average molecular weight is 662 g/mol. The lowest BCUT2D eigenvalue weighted by atomic mass is 9.86. The van der Waals surface area contributed by atoms with E-state index in [-0.39, 0.29) is 12.5 Å². The van der Waals surface area contributed by atoms with Gasteiger partial charge in [-0.15, -0.1) is 0 Å². The molecule has 0 aliphatic carbocycles. The zero-order chi connectivity index (χ0) is 36.8. The van der Waals surface area contributed by atoms with Gasteiger partial charge in [0, 0.05) is 0 Å². The van der Waals surface area contributed by atoms with E-state index in [0.717, 1.165) is 5.56 Å². The van der Waals surface area contributed by atoms with Crippen LogP contribution in [0.5, 0.6) is 0 Å². The van der Waals surface area contributed by atoms with E-state index in [1.165, 1.54) is 55.4 Å². The van der Waals surface area contributed by atoms with Gasteiger partial charge < -0.3 is 36.1 Å². The summed E-state index contributed by atoms with van der Waals surface area (Å²) in [5.41, 5.74) is -7.44.